The van der Waals surface area contributed by atoms with Crippen LogP contribution in [0.2, 0.25) is 0 Å². The van der Waals surface area contributed by atoms with Crippen molar-refractivity contribution in [2.24, 2.45) is 5.84 Å². The number of anilines is 1. The third kappa shape index (κ3) is 3.14. The highest BCUT2D eigenvalue weighted by Crippen LogP contribution is 2.32. The van der Waals surface area contributed by atoms with E-state index in [1.54, 1.807) is 31.2 Å². The van der Waals surface area contributed by atoms with Gasteiger partial charge >= 0.3 is 0 Å². The molecule has 0 saturated heterocycles. The summed E-state index contributed by atoms with van der Waals surface area (Å²) in [5.74, 6) is 7.66. The topological polar surface area (TPSA) is 103 Å². The lowest BCUT2D eigenvalue weighted by atomic mass is 10.2. The van der Waals surface area contributed by atoms with E-state index >= 15 is 0 Å². The Morgan fingerprint density at radius 1 is 1.25 bits per heavy atom. The summed E-state index contributed by atoms with van der Waals surface area (Å²) >= 11 is 0. The zero-order valence-electron chi connectivity index (χ0n) is 11.3. The van der Waals surface area contributed by atoms with Crippen molar-refractivity contribution < 1.29 is 14.6 Å². The predicted molar refractivity (Wildman–Crippen MR) is 73.6 cm³/mol. The first-order valence-electron chi connectivity index (χ1n) is 5.94. The zero-order valence-corrected chi connectivity index (χ0v) is 11.3. The minimum Gasteiger partial charge on any atom is -0.493 e. The Kier molecular flexibility index (Phi) is 4.34. The van der Waals surface area contributed by atoms with Crippen LogP contribution >= 0.6 is 0 Å². The minimum absolute atomic E-state index is 0.0650. The van der Waals surface area contributed by atoms with Gasteiger partial charge in [-0.3, -0.25) is 0 Å². The number of hydrogen-bond acceptors (Lipinski definition) is 7. The standard InChI is InChI=1S/C13H16N4O3/c1-8-15-12(17-14)6-13(16-8)20-10-4-3-9(7-18)5-11(10)19-2/h3-6,18H,7,14H2,1-2H3,(H,15,16,17). The summed E-state index contributed by atoms with van der Waals surface area (Å²) in [5.41, 5.74) is 3.18. The van der Waals surface area contributed by atoms with Crippen molar-refractivity contribution in [1.82, 2.24) is 9.97 Å². The molecule has 0 bridgehead atoms. The molecule has 0 atom stereocenters. The largest absolute Gasteiger partial charge is 0.493 e. The first-order chi connectivity index (χ1) is 9.66. The molecule has 1 aromatic heterocycles. The summed E-state index contributed by atoms with van der Waals surface area (Å²) in [7, 11) is 1.53. The Hall–Kier alpha value is -2.38. The van der Waals surface area contributed by atoms with Gasteiger partial charge in [0.05, 0.1) is 13.7 Å². The van der Waals surface area contributed by atoms with Crippen LogP contribution in [0, 0.1) is 6.92 Å². The number of hydrogen-bond donors (Lipinski definition) is 3. The number of nitrogen functional groups attached to an aromatic ring is 1. The molecule has 2 rings (SSSR count). The summed E-state index contributed by atoms with van der Waals surface area (Å²) in [6, 6.07) is 6.73. The van der Waals surface area contributed by atoms with Crippen LogP contribution in [0.4, 0.5) is 5.82 Å². The Balaban J connectivity index is 2.31. The fraction of sp³-hybridized carbons (Fsp3) is 0.231. The van der Waals surface area contributed by atoms with Crippen LogP contribution < -0.4 is 20.7 Å². The van der Waals surface area contributed by atoms with Crippen molar-refractivity contribution in [3.63, 3.8) is 0 Å². The van der Waals surface area contributed by atoms with Gasteiger partial charge in [0.15, 0.2) is 11.5 Å². The van der Waals surface area contributed by atoms with E-state index in [2.05, 4.69) is 15.4 Å². The van der Waals surface area contributed by atoms with Crippen molar-refractivity contribution in [1.29, 1.82) is 0 Å². The van der Waals surface area contributed by atoms with Crippen LogP contribution in [0.3, 0.4) is 0 Å². The van der Waals surface area contributed by atoms with Crippen LogP contribution in [0.1, 0.15) is 11.4 Å². The average Bonchev–Trinajstić information content (AvgIpc) is 2.47. The van der Waals surface area contributed by atoms with Gasteiger partial charge in [0, 0.05) is 6.07 Å². The van der Waals surface area contributed by atoms with Crippen LogP contribution in [0.15, 0.2) is 24.3 Å². The zero-order chi connectivity index (χ0) is 14.5. The SMILES string of the molecule is COc1cc(CO)ccc1Oc1cc(NN)nc(C)n1. The second kappa shape index (κ2) is 6.18. The third-order valence-electron chi connectivity index (χ3n) is 2.59. The van der Waals surface area contributed by atoms with Crippen LogP contribution in [0.5, 0.6) is 17.4 Å². The van der Waals surface area contributed by atoms with Gasteiger partial charge in [0.25, 0.3) is 0 Å². The van der Waals surface area contributed by atoms with Crippen molar-refractivity contribution >= 4 is 5.82 Å². The monoisotopic (exact) mass is 276 g/mol. The molecule has 4 N–H and O–H groups in total. The highest BCUT2D eigenvalue weighted by molar-refractivity contribution is 5.46. The maximum absolute atomic E-state index is 9.10. The Bertz CT molecular complexity index is 604. The smallest absolute Gasteiger partial charge is 0.224 e. The molecule has 0 radical (unpaired) electrons. The molecule has 0 aliphatic carbocycles. The molecule has 1 heterocycles. The number of aromatic nitrogens is 2. The number of nitrogens with one attached hydrogen (secondary N) is 1. The molecule has 0 amide bonds. The van der Waals surface area contributed by atoms with E-state index in [1.807, 2.05) is 0 Å². The highest BCUT2D eigenvalue weighted by atomic mass is 16.5. The minimum atomic E-state index is -0.0650. The average molecular weight is 276 g/mol. The Labute approximate surface area is 116 Å². The highest BCUT2D eigenvalue weighted by Gasteiger charge is 2.09. The van der Waals surface area contributed by atoms with Crippen LogP contribution in [0.25, 0.3) is 0 Å². The maximum atomic E-state index is 9.10. The lowest BCUT2D eigenvalue weighted by Gasteiger charge is -2.11. The van der Waals surface area contributed by atoms with Gasteiger partial charge in [-0.05, 0) is 24.6 Å². The summed E-state index contributed by atoms with van der Waals surface area (Å²) in [5, 5.41) is 9.10. The molecule has 0 unspecified atom stereocenters. The molecular weight excluding hydrogens is 260 g/mol. The summed E-state index contributed by atoms with van der Waals surface area (Å²) in [6.07, 6.45) is 0. The number of aryl methyl sites for hydroxylation is 1. The van der Waals surface area contributed by atoms with E-state index in [1.165, 1.54) is 7.11 Å². The normalized spacial score (nSPS) is 10.2. The van der Waals surface area contributed by atoms with Gasteiger partial charge < -0.3 is 20.0 Å². The van der Waals surface area contributed by atoms with E-state index in [-0.39, 0.29) is 6.61 Å². The lowest BCUT2D eigenvalue weighted by molar-refractivity contribution is 0.280. The van der Waals surface area contributed by atoms with Gasteiger partial charge in [0.1, 0.15) is 11.6 Å². The van der Waals surface area contributed by atoms with Crippen LogP contribution in [-0.4, -0.2) is 22.2 Å². The molecule has 0 fully saturated rings. The number of rotatable bonds is 5. The Morgan fingerprint density at radius 2 is 2.05 bits per heavy atom. The molecule has 0 aliphatic heterocycles. The molecule has 0 spiro atoms. The molecule has 106 valence electrons. The number of aliphatic hydroxyl groups excluding tert-OH is 1. The van der Waals surface area contributed by atoms with Gasteiger partial charge in [-0.2, -0.15) is 4.98 Å². The number of aliphatic hydroxyl groups is 1. The van der Waals surface area contributed by atoms with Crippen LogP contribution in [-0.2, 0) is 6.61 Å². The van der Waals surface area contributed by atoms with Crippen molar-refractivity contribution in [2.75, 3.05) is 12.5 Å². The van der Waals surface area contributed by atoms with Crippen molar-refractivity contribution in [3.8, 4) is 17.4 Å². The molecule has 20 heavy (non-hydrogen) atoms. The van der Waals surface area contributed by atoms with Gasteiger partial charge in [-0.25, -0.2) is 10.8 Å². The van der Waals surface area contributed by atoms with Crippen molar-refractivity contribution in [3.05, 3.63) is 35.7 Å². The predicted octanol–water partition coefficient (Wildman–Crippen LogP) is 1.36. The number of nitrogens with two attached hydrogens (primary N) is 1. The molecule has 0 saturated carbocycles. The number of benzene rings is 1. The lowest BCUT2D eigenvalue weighted by Crippen LogP contribution is -2.09. The van der Waals surface area contributed by atoms with Gasteiger partial charge in [0.2, 0.25) is 5.88 Å². The summed E-state index contributed by atoms with van der Waals surface area (Å²) < 4.78 is 10.9. The number of nitrogens with zero attached hydrogens (tertiary/aromatic N) is 2. The molecule has 0 aliphatic rings. The van der Waals surface area contributed by atoms with Crippen molar-refractivity contribution in [2.45, 2.75) is 13.5 Å². The van der Waals surface area contributed by atoms with E-state index in [4.69, 9.17) is 20.4 Å². The molecule has 2 aromatic rings. The molecule has 1 aromatic carbocycles. The quantitative estimate of drug-likeness (QED) is 0.559. The molecule has 7 heteroatoms. The van der Waals surface area contributed by atoms with E-state index < -0.39 is 0 Å². The number of ether oxygens (including phenoxy) is 2. The van der Waals surface area contributed by atoms with Gasteiger partial charge in [-0.15, -0.1) is 0 Å². The van der Waals surface area contributed by atoms with E-state index in [0.717, 1.165) is 5.56 Å². The summed E-state index contributed by atoms with van der Waals surface area (Å²) in [4.78, 5) is 8.23. The molecular formula is C13H16N4O3. The number of methoxy groups -OCH3 is 1. The second-order valence-electron chi connectivity index (χ2n) is 4.03. The molecule has 7 nitrogen and oxygen atoms in total. The second-order valence-corrected chi connectivity index (χ2v) is 4.03. The van der Waals surface area contributed by atoms with E-state index in [0.29, 0.717) is 29.0 Å². The fourth-order valence-electron chi connectivity index (χ4n) is 1.67. The maximum Gasteiger partial charge on any atom is 0.224 e. The summed E-state index contributed by atoms with van der Waals surface area (Å²) in [6.45, 7) is 1.67. The third-order valence-corrected chi connectivity index (χ3v) is 2.59. The van der Waals surface area contributed by atoms with Gasteiger partial charge in [-0.1, -0.05) is 6.07 Å². The fourth-order valence-corrected chi connectivity index (χ4v) is 1.67. The Morgan fingerprint density at radius 3 is 2.70 bits per heavy atom. The first kappa shape index (κ1) is 14.0. The first-order valence-corrected chi connectivity index (χ1v) is 5.94. The van der Waals surface area contributed by atoms with E-state index in [9.17, 15) is 0 Å². The number of hydrazine groups is 1.